The normalized spacial score (nSPS) is 15.8. The molecule has 3 rings (SSSR count). The highest BCUT2D eigenvalue weighted by Crippen LogP contribution is 2.26. The number of anilines is 1. The molecule has 0 unspecified atom stereocenters. The van der Waals surface area contributed by atoms with E-state index in [0.29, 0.717) is 6.04 Å². The number of thiophene rings is 1. The molecule has 0 bridgehead atoms. The molecule has 0 saturated carbocycles. The molecule has 7 heteroatoms. The van der Waals surface area contributed by atoms with E-state index >= 15 is 0 Å². The first kappa shape index (κ1) is 19.0. The van der Waals surface area contributed by atoms with E-state index in [-0.39, 0.29) is 0 Å². The molecule has 2 heterocycles. The molecule has 2 N–H and O–H groups in total. The number of benzene rings is 1. The highest BCUT2D eigenvalue weighted by atomic mass is 79.9. The second kappa shape index (κ2) is 9.28. The molecule has 1 aromatic carbocycles. The Balaban J connectivity index is 1.47. The van der Waals surface area contributed by atoms with Crippen molar-refractivity contribution in [2.24, 2.45) is 4.99 Å². The van der Waals surface area contributed by atoms with Gasteiger partial charge in [-0.25, -0.2) is 0 Å². The maximum Gasteiger partial charge on any atom is 0.191 e. The summed E-state index contributed by atoms with van der Waals surface area (Å²) < 4.78 is 6.24. The van der Waals surface area contributed by atoms with Crippen LogP contribution in [0.5, 0.6) is 5.75 Å². The van der Waals surface area contributed by atoms with Gasteiger partial charge in [0.2, 0.25) is 0 Å². The average molecular weight is 437 g/mol. The van der Waals surface area contributed by atoms with E-state index in [1.54, 1.807) is 7.11 Å². The van der Waals surface area contributed by atoms with Gasteiger partial charge in [-0.05, 0) is 64.0 Å². The number of ether oxygens (including phenoxy) is 1. The van der Waals surface area contributed by atoms with Gasteiger partial charge in [0.1, 0.15) is 5.75 Å². The van der Waals surface area contributed by atoms with Crippen LogP contribution in [0.25, 0.3) is 0 Å². The van der Waals surface area contributed by atoms with Crippen molar-refractivity contribution >= 4 is 38.2 Å². The Morgan fingerprint density at radius 2 is 2.15 bits per heavy atom. The summed E-state index contributed by atoms with van der Waals surface area (Å²) in [6.07, 6.45) is 2.24. The fourth-order valence-corrected chi connectivity index (χ4v) is 4.46. The zero-order chi connectivity index (χ0) is 18.4. The van der Waals surface area contributed by atoms with Crippen LogP contribution in [0, 0.1) is 0 Å². The van der Waals surface area contributed by atoms with Gasteiger partial charge in [0.25, 0.3) is 0 Å². The molecule has 0 amide bonds. The van der Waals surface area contributed by atoms with E-state index in [4.69, 9.17) is 4.74 Å². The first-order valence-corrected chi connectivity index (χ1v) is 10.4. The lowest BCUT2D eigenvalue weighted by molar-refractivity contribution is 0.412. The summed E-state index contributed by atoms with van der Waals surface area (Å²) in [4.78, 5) is 6.83. The van der Waals surface area contributed by atoms with Crippen molar-refractivity contribution in [3.05, 3.63) is 45.7 Å². The Hall–Kier alpha value is -1.73. The van der Waals surface area contributed by atoms with Crippen LogP contribution in [0.3, 0.4) is 0 Å². The summed E-state index contributed by atoms with van der Waals surface area (Å²) in [5, 5.41) is 10.5. The molecule has 26 heavy (non-hydrogen) atoms. The molecule has 0 spiro atoms. The zero-order valence-electron chi connectivity index (χ0n) is 15.2. The second-order valence-electron chi connectivity index (χ2n) is 6.25. The summed E-state index contributed by atoms with van der Waals surface area (Å²) in [6, 6.07) is 10.9. The molecule has 1 fully saturated rings. The van der Waals surface area contributed by atoms with Gasteiger partial charge in [0.05, 0.1) is 16.6 Å². The number of halogens is 1. The van der Waals surface area contributed by atoms with Gasteiger partial charge in [-0.15, -0.1) is 11.3 Å². The van der Waals surface area contributed by atoms with Gasteiger partial charge in [-0.3, -0.25) is 4.99 Å². The first-order chi connectivity index (χ1) is 12.7. The lowest BCUT2D eigenvalue weighted by atomic mass is 10.1. The maximum atomic E-state index is 5.28. The number of nitrogens with zero attached hydrogens (tertiary/aromatic N) is 2. The minimum Gasteiger partial charge on any atom is -0.496 e. The van der Waals surface area contributed by atoms with Crippen LogP contribution in [-0.2, 0) is 6.54 Å². The van der Waals surface area contributed by atoms with E-state index in [9.17, 15) is 0 Å². The highest BCUT2D eigenvalue weighted by molar-refractivity contribution is 9.10. The lowest BCUT2D eigenvalue weighted by Gasteiger charge is -2.33. The third kappa shape index (κ3) is 4.92. The van der Waals surface area contributed by atoms with Crippen LogP contribution in [0.15, 0.2) is 45.2 Å². The number of hydrogen-bond acceptors (Lipinski definition) is 4. The Labute approximate surface area is 167 Å². The molecule has 1 aliphatic heterocycles. The fourth-order valence-electron chi connectivity index (χ4n) is 3.09. The van der Waals surface area contributed by atoms with Crippen LogP contribution < -0.4 is 20.3 Å². The van der Waals surface area contributed by atoms with Gasteiger partial charge < -0.3 is 20.3 Å². The summed E-state index contributed by atoms with van der Waals surface area (Å²) in [5.74, 6) is 1.69. The van der Waals surface area contributed by atoms with Gasteiger partial charge in [0.15, 0.2) is 5.96 Å². The monoisotopic (exact) mass is 436 g/mol. The predicted octanol–water partition coefficient (Wildman–Crippen LogP) is 3.85. The molecule has 1 aromatic heterocycles. The largest absolute Gasteiger partial charge is 0.496 e. The Bertz CT molecular complexity index is 727. The Kier molecular flexibility index (Phi) is 6.80. The molecule has 140 valence electrons. The van der Waals surface area contributed by atoms with Crippen LogP contribution >= 0.6 is 27.3 Å². The van der Waals surface area contributed by atoms with Crippen molar-refractivity contribution in [2.75, 3.05) is 32.1 Å². The van der Waals surface area contributed by atoms with Gasteiger partial charge in [0, 0.05) is 32.7 Å². The quantitative estimate of drug-likeness (QED) is 0.551. The van der Waals surface area contributed by atoms with E-state index in [1.165, 1.54) is 10.6 Å². The van der Waals surface area contributed by atoms with E-state index in [1.807, 2.05) is 24.5 Å². The number of aliphatic imine (C=N–C) groups is 1. The molecule has 0 radical (unpaired) electrons. The highest BCUT2D eigenvalue weighted by Gasteiger charge is 2.20. The first-order valence-electron chi connectivity index (χ1n) is 8.77. The zero-order valence-corrected chi connectivity index (χ0v) is 17.6. The van der Waals surface area contributed by atoms with Gasteiger partial charge in [-0.2, -0.15) is 0 Å². The number of nitrogens with one attached hydrogen (secondary N) is 2. The molecule has 0 atom stereocenters. The van der Waals surface area contributed by atoms with Crippen molar-refractivity contribution in [1.29, 1.82) is 0 Å². The topological polar surface area (TPSA) is 48.9 Å². The molecule has 1 aliphatic rings. The second-order valence-corrected chi connectivity index (χ2v) is 8.03. The molecule has 0 aliphatic carbocycles. The SMILES string of the molecule is CN=C(NCc1ccc(OC)c(Br)c1)NC1CCN(c2cccs2)CC1. The van der Waals surface area contributed by atoms with Crippen LogP contribution in [0.4, 0.5) is 5.00 Å². The molecular weight excluding hydrogens is 412 g/mol. The minimum absolute atomic E-state index is 0.458. The molecular formula is C19H25BrN4OS. The number of rotatable bonds is 5. The molecule has 5 nitrogen and oxygen atoms in total. The summed E-state index contributed by atoms with van der Waals surface area (Å²) in [5.41, 5.74) is 1.17. The van der Waals surface area contributed by atoms with Crippen LogP contribution in [-0.4, -0.2) is 39.2 Å². The lowest BCUT2D eigenvalue weighted by Crippen LogP contribution is -2.48. The Morgan fingerprint density at radius 3 is 2.77 bits per heavy atom. The van der Waals surface area contributed by atoms with Crippen molar-refractivity contribution < 1.29 is 4.74 Å². The number of hydrogen-bond donors (Lipinski definition) is 2. The Morgan fingerprint density at radius 1 is 1.35 bits per heavy atom. The summed E-state index contributed by atoms with van der Waals surface area (Å²) in [7, 11) is 3.49. The van der Waals surface area contributed by atoms with Crippen molar-refractivity contribution in [3.63, 3.8) is 0 Å². The standard InChI is InChI=1S/C19H25BrN4OS/c1-21-19(22-13-14-5-6-17(25-2)16(20)12-14)23-15-7-9-24(10-8-15)18-4-3-11-26-18/h3-6,11-12,15H,7-10,13H2,1-2H3,(H2,21,22,23). The predicted molar refractivity (Wildman–Crippen MR) is 114 cm³/mol. The minimum atomic E-state index is 0.458. The third-order valence-corrected chi connectivity index (χ3v) is 6.10. The smallest absolute Gasteiger partial charge is 0.191 e. The van der Waals surface area contributed by atoms with E-state index < -0.39 is 0 Å². The maximum absolute atomic E-state index is 5.28. The number of piperidine rings is 1. The van der Waals surface area contributed by atoms with Crippen LogP contribution in [0.2, 0.25) is 0 Å². The van der Waals surface area contributed by atoms with Gasteiger partial charge >= 0.3 is 0 Å². The molecule has 2 aromatic rings. The van der Waals surface area contributed by atoms with E-state index in [2.05, 4.69) is 66.1 Å². The van der Waals surface area contributed by atoms with Crippen LogP contribution in [0.1, 0.15) is 18.4 Å². The van der Waals surface area contributed by atoms with Crippen molar-refractivity contribution in [1.82, 2.24) is 10.6 Å². The summed E-state index contributed by atoms with van der Waals surface area (Å²) in [6.45, 7) is 2.89. The van der Waals surface area contributed by atoms with Crippen molar-refractivity contribution in [3.8, 4) is 5.75 Å². The van der Waals surface area contributed by atoms with Gasteiger partial charge in [-0.1, -0.05) is 6.07 Å². The van der Waals surface area contributed by atoms with E-state index in [0.717, 1.165) is 48.7 Å². The third-order valence-electron chi connectivity index (χ3n) is 4.55. The number of methoxy groups -OCH3 is 1. The molecule has 1 saturated heterocycles. The summed E-state index contributed by atoms with van der Waals surface area (Å²) >= 11 is 5.35. The fraction of sp³-hybridized carbons (Fsp3) is 0.421. The average Bonchev–Trinajstić information content (AvgIpc) is 3.20. The number of guanidine groups is 1. The van der Waals surface area contributed by atoms with Crippen molar-refractivity contribution in [2.45, 2.75) is 25.4 Å².